The Morgan fingerprint density at radius 1 is 1.38 bits per heavy atom. The van der Waals surface area contributed by atoms with E-state index >= 15 is 0 Å². The van der Waals surface area contributed by atoms with E-state index in [4.69, 9.17) is 0 Å². The van der Waals surface area contributed by atoms with Crippen LogP contribution in [0.2, 0.25) is 0 Å². The van der Waals surface area contributed by atoms with E-state index in [0.29, 0.717) is 0 Å². The minimum Gasteiger partial charge on any atom is -0.309 e. The molecule has 5 nitrogen and oxygen atoms in total. The molecule has 1 N–H and O–H groups in total. The minimum atomic E-state index is -0.619. The van der Waals surface area contributed by atoms with Gasteiger partial charge in [-0.2, -0.15) is 5.26 Å². The van der Waals surface area contributed by atoms with Crippen LogP contribution in [0.25, 0.3) is 0 Å². The van der Waals surface area contributed by atoms with Crippen molar-refractivity contribution in [2.24, 2.45) is 11.3 Å². The number of aromatic amines is 1. The largest absolute Gasteiger partial charge is 0.345 e. The first-order valence-electron chi connectivity index (χ1n) is 7.07. The van der Waals surface area contributed by atoms with Crippen LogP contribution in [-0.2, 0) is 16.6 Å². The van der Waals surface area contributed by atoms with Crippen molar-refractivity contribution in [3.05, 3.63) is 39.6 Å². The van der Waals surface area contributed by atoms with Gasteiger partial charge in [-0.3, -0.25) is 4.79 Å². The topological polar surface area (TPSA) is 86.6 Å². The summed E-state index contributed by atoms with van der Waals surface area (Å²) in [7, 11) is 0. The summed E-state index contributed by atoms with van der Waals surface area (Å²) in [5.41, 5.74) is 0.450. The quantitative estimate of drug-likeness (QED) is 0.784. The Morgan fingerprint density at radius 3 is 2.76 bits per heavy atom. The van der Waals surface area contributed by atoms with E-state index in [1.54, 1.807) is 12.3 Å². The maximum atomic E-state index is 12.5. The molecule has 2 atom stereocenters. The molecule has 0 radical (unpaired) electrons. The number of ketones is 1. The highest BCUT2D eigenvalue weighted by molar-refractivity contribution is 6.04. The van der Waals surface area contributed by atoms with Gasteiger partial charge in [0.05, 0.1) is 5.57 Å². The van der Waals surface area contributed by atoms with Crippen LogP contribution >= 0.6 is 0 Å². The van der Waals surface area contributed by atoms with Crippen molar-refractivity contribution in [2.45, 2.75) is 39.0 Å². The average Bonchev–Trinajstić information content (AvgIpc) is 2.43. The van der Waals surface area contributed by atoms with Crippen LogP contribution in [0.1, 0.15) is 38.4 Å². The van der Waals surface area contributed by atoms with Crippen LogP contribution in [0.5, 0.6) is 0 Å². The number of Topliss-reactive ketones (excluding diaryl/α,β-unsaturated/α-hetero) is 1. The second-order valence-corrected chi connectivity index (χ2v) is 6.68. The van der Waals surface area contributed by atoms with Gasteiger partial charge in [0.25, 0.3) is 0 Å². The molecule has 1 aromatic rings. The van der Waals surface area contributed by atoms with E-state index in [0.717, 1.165) is 24.1 Å². The minimum absolute atomic E-state index is 0.0557. The number of hydrogen-bond donors (Lipinski definition) is 1. The highest BCUT2D eigenvalue weighted by Gasteiger charge is 2.54. The van der Waals surface area contributed by atoms with Crippen molar-refractivity contribution in [2.75, 3.05) is 0 Å². The summed E-state index contributed by atoms with van der Waals surface area (Å²) in [6.45, 7) is 5.79. The van der Waals surface area contributed by atoms with Crippen molar-refractivity contribution < 1.29 is 4.79 Å². The van der Waals surface area contributed by atoms with Crippen molar-refractivity contribution in [1.29, 1.82) is 5.26 Å². The first-order chi connectivity index (χ1) is 9.80. The molecule has 0 bridgehead atoms. The molecule has 0 saturated heterocycles. The van der Waals surface area contributed by atoms with Gasteiger partial charge < -0.3 is 4.98 Å². The van der Waals surface area contributed by atoms with Crippen LogP contribution in [0.15, 0.2) is 22.6 Å². The number of aryl methyl sites for hydroxylation is 1. The monoisotopic (exact) mass is 283 g/mol. The maximum absolute atomic E-state index is 12.5. The molecular formula is C16H17N3O2. The second kappa shape index (κ2) is 4.14. The highest BCUT2D eigenvalue weighted by atomic mass is 16.1. The summed E-state index contributed by atoms with van der Waals surface area (Å²) >= 11 is 0. The maximum Gasteiger partial charge on any atom is 0.345 e. The van der Waals surface area contributed by atoms with Crippen molar-refractivity contribution >= 4 is 5.78 Å². The molecule has 0 amide bonds. The summed E-state index contributed by atoms with van der Waals surface area (Å²) in [6, 6.07) is 2.02. The third-order valence-corrected chi connectivity index (χ3v) is 5.12. The molecule has 2 aliphatic carbocycles. The average molecular weight is 283 g/mol. The van der Waals surface area contributed by atoms with E-state index in [1.165, 1.54) is 0 Å². The molecule has 1 heterocycles. The molecule has 0 spiro atoms. The van der Waals surface area contributed by atoms with Gasteiger partial charge in [0.15, 0.2) is 5.78 Å². The van der Waals surface area contributed by atoms with Crippen LogP contribution in [0.4, 0.5) is 0 Å². The lowest BCUT2D eigenvalue weighted by Crippen LogP contribution is -2.52. The highest BCUT2D eigenvalue weighted by Crippen LogP contribution is 2.53. The first kappa shape index (κ1) is 13.7. The molecule has 1 aromatic heterocycles. The molecule has 0 unspecified atom stereocenters. The van der Waals surface area contributed by atoms with Crippen molar-refractivity contribution in [3.8, 4) is 6.07 Å². The van der Waals surface area contributed by atoms with Gasteiger partial charge in [0.2, 0.25) is 0 Å². The predicted molar refractivity (Wildman–Crippen MR) is 76.5 cm³/mol. The number of carbonyl (C=O) groups excluding carboxylic acids is 1. The molecule has 21 heavy (non-hydrogen) atoms. The van der Waals surface area contributed by atoms with E-state index in [9.17, 15) is 14.9 Å². The Morgan fingerprint density at radius 2 is 2.10 bits per heavy atom. The number of fused-ring (bicyclic) bond motifs is 3. The molecule has 5 heteroatoms. The lowest BCUT2D eigenvalue weighted by atomic mass is 9.52. The molecule has 3 rings (SSSR count). The van der Waals surface area contributed by atoms with Gasteiger partial charge in [-0.15, -0.1) is 0 Å². The zero-order valence-corrected chi connectivity index (χ0v) is 12.4. The van der Waals surface area contributed by atoms with Crippen molar-refractivity contribution in [1.82, 2.24) is 9.97 Å². The third-order valence-electron chi connectivity index (χ3n) is 5.12. The van der Waals surface area contributed by atoms with Gasteiger partial charge in [-0.25, -0.2) is 9.78 Å². The lowest BCUT2D eigenvalue weighted by Gasteiger charge is -2.50. The fourth-order valence-corrected chi connectivity index (χ4v) is 4.10. The summed E-state index contributed by atoms with van der Waals surface area (Å²) in [4.78, 5) is 30.7. The normalized spacial score (nSPS) is 29.9. The number of H-pyrrole nitrogens is 1. The Hall–Kier alpha value is -2.22. The molecule has 0 aromatic carbocycles. The Labute approximate surface area is 122 Å². The standard InChI is InChI=1S/C16H17N3O2/c1-15(2)11-5-4-9-8-18-14(21)19-12(9)16(11,3)6-10(7-17)13(15)20/h6,8,11H,4-5H2,1-3H3,(H,18,19,21)/t11-,16-/m0/s1. The number of aromatic nitrogens is 2. The van der Waals surface area contributed by atoms with Crippen LogP contribution in [0.3, 0.4) is 0 Å². The third kappa shape index (κ3) is 1.72. The smallest absolute Gasteiger partial charge is 0.309 e. The zero-order chi connectivity index (χ0) is 15.4. The van der Waals surface area contributed by atoms with Gasteiger partial charge in [0, 0.05) is 22.7 Å². The number of hydrogen-bond acceptors (Lipinski definition) is 4. The lowest BCUT2D eigenvalue weighted by molar-refractivity contribution is -0.128. The van der Waals surface area contributed by atoms with Crippen molar-refractivity contribution in [3.63, 3.8) is 0 Å². The molecular weight excluding hydrogens is 266 g/mol. The number of nitrogens with zero attached hydrogens (tertiary/aromatic N) is 2. The number of carbonyl (C=O) groups is 1. The van der Waals surface area contributed by atoms with E-state index in [-0.39, 0.29) is 17.3 Å². The summed E-state index contributed by atoms with van der Waals surface area (Å²) in [5, 5.41) is 9.28. The predicted octanol–water partition coefficient (Wildman–Crippen LogP) is 1.65. The Balaban J connectivity index is 2.32. The van der Waals surface area contributed by atoms with E-state index < -0.39 is 16.5 Å². The fraction of sp³-hybridized carbons (Fsp3) is 0.500. The van der Waals surface area contributed by atoms with Gasteiger partial charge in [0.1, 0.15) is 6.07 Å². The van der Waals surface area contributed by atoms with Gasteiger partial charge in [-0.1, -0.05) is 26.8 Å². The van der Waals surface area contributed by atoms with Gasteiger partial charge >= 0.3 is 5.69 Å². The summed E-state index contributed by atoms with van der Waals surface area (Å²) in [5.74, 6) is -0.0486. The molecule has 108 valence electrons. The Bertz CT molecular complexity index is 766. The first-order valence-corrected chi connectivity index (χ1v) is 7.07. The van der Waals surface area contributed by atoms with Crippen LogP contribution in [-0.4, -0.2) is 15.8 Å². The molecule has 2 aliphatic rings. The summed E-state index contributed by atoms with van der Waals surface area (Å²) in [6.07, 6.45) is 4.97. The van der Waals surface area contributed by atoms with Crippen LogP contribution < -0.4 is 5.69 Å². The SMILES string of the molecule is CC1(C)C(=O)C(C#N)=C[C@]2(C)c3[nH]c(=O)ncc3CC[C@@H]12. The molecule has 0 saturated carbocycles. The van der Waals surface area contributed by atoms with E-state index in [2.05, 4.69) is 9.97 Å². The fourth-order valence-electron chi connectivity index (χ4n) is 4.10. The second-order valence-electron chi connectivity index (χ2n) is 6.68. The summed E-state index contributed by atoms with van der Waals surface area (Å²) < 4.78 is 0. The van der Waals surface area contributed by atoms with Gasteiger partial charge in [-0.05, 0) is 24.3 Å². The number of allylic oxidation sites excluding steroid dienone is 2. The Kier molecular flexibility index (Phi) is 2.71. The zero-order valence-electron chi connectivity index (χ0n) is 12.4. The molecule has 0 fully saturated rings. The number of rotatable bonds is 0. The number of nitrogens with one attached hydrogen (secondary N) is 1. The molecule has 0 aliphatic heterocycles. The number of nitriles is 1. The van der Waals surface area contributed by atoms with E-state index in [1.807, 2.05) is 26.8 Å². The van der Waals surface area contributed by atoms with Crippen LogP contribution in [0, 0.1) is 22.7 Å².